The van der Waals surface area contributed by atoms with Crippen LogP contribution in [0.1, 0.15) is 0 Å². The Labute approximate surface area is 104 Å². The van der Waals surface area contributed by atoms with Gasteiger partial charge < -0.3 is 16.4 Å². The predicted molar refractivity (Wildman–Crippen MR) is 68.9 cm³/mol. The summed E-state index contributed by atoms with van der Waals surface area (Å²) in [5.41, 5.74) is 7.54. The van der Waals surface area contributed by atoms with Crippen molar-refractivity contribution in [2.75, 3.05) is 24.1 Å². The van der Waals surface area contributed by atoms with Crippen LogP contribution in [-0.4, -0.2) is 38.9 Å². The minimum Gasteiger partial charge on any atom is -0.383 e. The van der Waals surface area contributed by atoms with Crippen LogP contribution >= 0.6 is 0 Å². The fraction of sp³-hybridized carbons (Fsp3) is 0.364. The molecule has 18 heavy (non-hydrogen) atoms. The number of aryl methyl sites for hydroxylation is 1. The fourth-order valence-corrected chi connectivity index (χ4v) is 1.80. The van der Waals surface area contributed by atoms with Crippen LogP contribution in [0.4, 0.5) is 11.8 Å². The third-order valence-corrected chi connectivity index (χ3v) is 3.03. The number of nitrogens with one attached hydrogen (secondary N) is 2. The molecule has 0 aliphatic carbocycles. The van der Waals surface area contributed by atoms with E-state index in [-0.39, 0.29) is 0 Å². The molecule has 0 unspecified atom stereocenters. The highest BCUT2D eigenvalue weighted by Crippen LogP contribution is 2.23. The average molecular weight is 245 g/mol. The molecule has 1 fully saturated rings. The lowest BCUT2D eigenvalue weighted by Crippen LogP contribution is -2.51. The van der Waals surface area contributed by atoms with Crippen LogP contribution in [-0.2, 0) is 7.05 Å². The number of nitrogens with zero attached hydrogens (tertiary/aromatic N) is 4. The van der Waals surface area contributed by atoms with Crippen molar-refractivity contribution >= 4 is 11.8 Å². The number of hydrogen-bond acceptors (Lipinski definition) is 6. The van der Waals surface area contributed by atoms with E-state index in [2.05, 4.69) is 25.7 Å². The molecule has 94 valence electrons. The summed E-state index contributed by atoms with van der Waals surface area (Å²) in [5, 5.41) is 10.6. The second-order valence-corrected chi connectivity index (χ2v) is 4.33. The zero-order chi connectivity index (χ0) is 12.5. The van der Waals surface area contributed by atoms with E-state index >= 15 is 0 Å². The van der Waals surface area contributed by atoms with Crippen molar-refractivity contribution in [2.24, 2.45) is 7.05 Å². The molecule has 1 saturated heterocycles. The number of nitrogens with two attached hydrogens (primary N) is 1. The van der Waals surface area contributed by atoms with Gasteiger partial charge in [-0.2, -0.15) is 5.10 Å². The molecular formula is C11H15N7. The summed E-state index contributed by atoms with van der Waals surface area (Å²) >= 11 is 0. The molecule has 0 radical (unpaired) electrons. The molecule has 2 aromatic heterocycles. The summed E-state index contributed by atoms with van der Waals surface area (Å²) in [4.78, 5) is 8.66. The van der Waals surface area contributed by atoms with Crippen molar-refractivity contribution in [3.63, 3.8) is 0 Å². The van der Waals surface area contributed by atoms with Crippen molar-refractivity contribution in [3.05, 3.63) is 18.5 Å². The van der Waals surface area contributed by atoms with E-state index in [1.165, 1.54) is 0 Å². The van der Waals surface area contributed by atoms with Gasteiger partial charge in [0.1, 0.15) is 5.82 Å². The molecule has 7 heteroatoms. The standard InChI is InChI=1S/C11H15N7/c1-18-10(12)8(6-15-18)9-2-3-14-11(17-9)16-7-4-13-5-7/h2-3,6-7,13H,4-5,12H2,1H3,(H,14,16,17). The minimum atomic E-state index is 0.409. The van der Waals surface area contributed by atoms with Crippen molar-refractivity contribution in [1.82, 2.24) is 25.1 Å². The number of nitrogen functional groups attached to an aromatic ring is 1. The first kappa shape index (κ1) is 11.0. The molecule has 0 aromatic carbocycles. The van der Waals surface area contributed by atoms with Gasteiger partial charge >= 0.3 is 0 Å². The van der Waals surface area contributed by atoms with Gasteiger partial charge in [0.05, 0.1) is 23.5 Å². The summed E-state index contributed by atoms with van der Waals surface area (Å²) in [6, 6.07) is 2.24. The Kier molecular flexibility index (Phi) is 2.60. The van der Waals surface area contributed by atoms with Gasteiger partial charge in [0, 0.05) is 26.3 Å². The van der Waals surface area contributed by atoms with E-state index < -0.39 is 0 Å². The van der Waals surface area contributed by atoms with Crippen molar-refractivity contribution < 1.29 is 0 Å². The second kappa shape index (κ2) is 4.26. The number of rotatable bonds is 3. The Bertz CT molecular complexity index is 558. The van der Waals surface area contributed by atoms with Crippen LogP contribution in [0.2, 0.25) is 0 Å². The van der Waals surface area contributed by atoms with Crippen LogP contribution in [0.25, 0.3) is 11.3 Å². The minimum absolute atomic E-state index is 0.409. The molecule has 4 N–H and O–H groups in total. The summed E-state index contributed by atoms with van der Waals surface area (Å²) in [5.74, 6) is 1.23. The highest BCUT2D eigenvalue weighted by molar-refractivity contribution is 5.70. The Balaban J connectivity index is 1.88. The largest absolute Gasteiger partial charge is 0.383 e. The molecule has 0 saturated carbocycles. The zero-order valence-electron chi connectivity index (χ0n) is 10.1. The van der Waals surface area contributed by atoms with Gasteiger partial charge in [-0.05, 0) is 6.07 Å². The Morgan fingerprint density at radius 2 is 2.33 bits per heavy atom. The Hall–Kier alpha value is -2.15. The van der Waals surface area contributed by atoms with E-state index in [4.69, 9.17) is 5.73 Å². The third kappa shape index (κ3) is 1.88. The monoisotopic (exact) mass is 245 g/mol. The van der Waals surface area contributed by atoms with E-state index in [1.807, 2.05) is 6.07 Å². The van der Waals surface area contributed by atoms with Crippen LogP contribution in [0.5, 0.6) is 0 Å². The fourth-order valence-electron chi connectivity index (χ4n) is 1.80. The van der Waals surface area contributed by atoms with Gasteiger partial charge in [-0.25, -0.2) is 9.97 Å². The maximum atomic E-state index is 5.93. The molecule has 1 aliphatic heterocycles. The first-order valence-electron chi connectivity index (χ1n) is 5.82. The van der Waals surface area contributed by atoms with Crippen LogP contribution in [0.3, 0.4) is 0 Å². The van der Waals surface area contributed by atoms with Crippen molar-refractivity contribution in [3.8, 4) is 11.3 Å². The normalized spacial score (nSPS) is 15.4. The lowest BCUT2D eigenvalue weighted by molar-refractivity contribution is 0.470. The smallest absolute Gasteiger partial charge is 0.223 e. The van der Waals surface area contributed by atoms with Crippen LogP contribution in [0, 0.1) is 0 Å². The van der Waals surface area contributed by atoms with Gasteiger partial charge in [-0.3, -0.25) is 4.68 Å². The first-order chi connectivity index (χ1) is 8.74. The third-order valence-electron chi connectivity index (χ3n) is 3.03. The molecule has 7 nitrogen and oxygen atoms in total. The molecule has 0 atom stereocenters. The summed E-state index contributed by atoms with van der Waals surface area (Å²) in [7, 11) is 1.80. The van der Waals surface area contributed by atoms with Gasteiger partial charge in [0.25, 0.3) is 0 Å². The molecule has 3 rings (SSSR count). The molecule has 2 aromatic rings. The molecule has 0 amide bonds. The van der Waals surface area contributed by atoms with E-state index in [0.717, 1.165) is 24.3 Å². The molecule has 3 heterocycles. The topological polar surface area (TPSA) is 93.7 Å². The summed E-state index contributed by atoms with van der Waals surface area (Å²) in [6.07, 6.45) is 3.44. The quantitative estimate of drug-likeness (QED) is 0.696. The highest BCUT2D eigenvalue weighted by Gasteiger charge is 2.17. The van der Waals surface area contributed by atoms with Crippen LogP contribution in [0.15, 0.2) is 18.5 Å². The maximum absolute atomic E-state index is 5.93. The van der Waals surface area contributed by atoms with E-state index in [0.29, 0.717) is 17.8 Å². The highest BCUT2D eigenvalue weighted by atomic mass is 15.3. The first-order valence-corrected chi connectivity index (χ1v) is 5.82. The van der Waals surface area contributed by atoms with Crippen molar-refractivity contribution in [2.45, 2.75) is 6.04 Å². The number of anilines is 2. The van der Waals surface area contributed by atoms with Crippen LogP contribution < -0.4 is 16.4 Å². The average Bonchev–Trinajstić information content (AvgIpc) is 2.66. The Morgan fingerprint density at radius 1 is 1.50 bits per heavy atom. The van der Waals surface area contributed by atoms with Gasteiger partial charge in [-0.15, -0.1) is 0 Å². The van der Waals surface area contributed by atoms with Crippen molar-refractivity contribution in [1.29, 1.82) is 0 Å². The molecule has 1 aliphatic rings. The SMILES string of the molecule is Cn1ncc(-c2ccnc(NC3CNC3)n2)c1N. The zero-order valence-corrected chi connectivity index (χ0v) is 10.1. The maximum Gasteiger partial charge on any atom is 0.223 e. The lowest BCUT2D eigenvalue weighted by Gasteiger charge is -2.27. The van der Waals surface area contributed by atoms with E-state index in [1.54, 1.807) is 24.1 Å². The number of aromatic nitrogens is 4. The predicted octanol–water partition coefficient (Wildman–Crippen LogP) is -0.157. The molecule has 0 spiro atoms. The summed E-state index contributed by atoms with van der Waals surface area (Å²) in [6.45, 7) is 1.89. The second-order valence-electron chi connectivity index (χ2n) is 4.33. The Morgan fingerprint density at radius 3 is 2.94 bits per heavy atom. The molecular weight excluding hydrogens is 230 g/mol. The number of hydrogen-bond donors (Lipinski definition) is 3. The van der Waals surface area contributed by atoms with E-state index in [9.17, 15) is 0 Å². The van der Waals surface area contributed by atoms with Gasteiger partial charge in [0.15, 0.2) is 0 Å². The molecule has 0 bridgehead atoms. The lowest BCUT2D eigenvalue weighted by atomic mass is 10.2. The summed E-state index contributed by atoms with van der Waals surface area (Å²) < 4.78 is 1.63. The van der Waals surface area contributed by atoms with Gasteiger partial charge in [0.2, 0.25) is 5.95 Å². The van der Waals surface area contributed by atoms with Gasteiger partial charge in [-0.1, -0.05) is 0 Å².